The molecule has 0 aliphatic rings. The van der Waals surface area contributed by atoms with E-state index in [1.165, 1.54) is 0 Å². The van der Waals surface area contributed by atoms with Crippen LogP contribution in [0.3, 0.4) is 0 Å². The summed E-state index contributed by atoms with van der Waals surface area (Å²) >= 11 is 0. The van der Waals surface area contributed by atoms with Gasteiger partial charge in [-0.05, 0) is 24.6 Å². The summed E-state index contributed by atoms with van der Waals surface area (Å²) in [5.41, 5.74) is 2.64. The Kier molecular flexibility index (Phi) is 3.53. The van der Waals surface area contributed by atoms with Gasteiger partial charge in [-0.3, -0.25) is 10.1 Å². The minimum Gasteiger partial charge on any atom is -0.258 e. The minimum atomic E-state index is -0.350. The van der Waals surface area contributed by atoms with Crippen LogP contribution in [0.1, 0.15) is 16.7 Å². The molecule has 3 heteroatoms. The largest absolute Gasteiger partial charge is 0.277 e. The predicted octanol–water partition coefficient (Wildman–Crippen LogP) is 3.77. The van der Waals surface area contributed by atoms with Crippen molar-refractivity contribution in [2.24, 2.45) is 0 Å². The lowest BCUT2D eigenvalue weighted by Crippen LogP contribution is -1.97. The lowest BCUT2D eigenvalue weighted by atomic mass is 10.1. The molecule has 90 valence electrons. The van der Waals surface area contributed by atoms with Gasteiger partial charge in [-0.1, -0.05) is 48.0 Å². The normalized spacial score (nSPS) is 11.3. The van der Waals surface area contributed by atoms with Crippen molar-refractivity contribution in [2.75, 3.05) is 0 Å². The molecule has 0 fully saturated rings. The molecule has 0 unspecified atom stereocenters. The highest BCUT2D eigenvalue weighted by Gasteiger charge is 2.13. The van der Waals surface area contributed by atoms with Crippen LogP contribution in [0, 0.1) is 17.0 Å². The number of nitrogens with zero attached hydrogens (tertiary/aromatic N) is 1. The van der Waals surface area contributed by atoms with E-state index in [9.17, 15) is 10.1 Å². The Morgan fingerprint density at radius 1 is 1.06 bits per heavy atom. The molecule has 0 amide bonds. The van der Waals surface area contributed by atoms with Crippen LogP contribution in [0.15, 0.2) is 54.6 Å². The number of aryl methyl sites for hydroxylation is 1. The molecule has 2 aromatic carbocycles. The van der Waals surface area contributed by atoms with Crippen molar-refractivity contribution < 1.29 is 4.92 Å². The molecule has 2 rings (SSSR count). The molecule has 0 saturated carbocycles. The van der Waals surface area contributed by atoms with E-state index in [2.05, 4.69) is 0 Å². The number of rotatable bonds is 3. The second kappa shape index (κ2) is 5.27. The maximum absolute atomic E-state index is 11.1. The molecule has 0 aromatic heterocycles. The highest BCUT2D eigenvalue weighted by Crippen LogP contribution is 2.19. The topological polar surface area (TPSA) is 43.1 Å². The van der Waals surface area contributed by atoms with E-state index < -0.39 is 0 Å². The quantitative estimate of drug-likeness (QED) is 0.465. The van der Waals surface area contributed by atoms with E-state index in [1.54, 1.807) is 18.2 Å². The van der Waals surface area contributed by atoms with Crippen LogP contribution in [0.2, 0.25) is 0 Å². The lowest BCUT2D eigenvalue weighted by Gasteiger charge is -2.00. The van der Waals surface area contributed by atoms with Crippen LogP contribution in [0.5, 0.6) is 0 Å². The molecule has 0 heterocycles. The van der Waals surface area contributed by atoms with Gasteiger partial charge in [0.15, 0.2) is 0 Å². The van der Waals surface area contributed by atoms with E-state index >= 15 is 0 Å². The van der Waals surface area contributed by atoms with Gasteiger partial charge in [-0.25, -0.2) is 0 Å². The Morgan fingerprint density at radius 2 is 1.67 bits per heavy atom. The summed E-state index contributed by atoms with van der Waals surface area (Å²) < 4.78 is 0. The van der Waals surface area contributed by atoms with E-state index in [1.807, 2.05) is 49.4 Å². The monoisotopic (exact) mass is 239 g/mol. The highest BCUT2D eigenvalue weighted by molar-refractivity contribution is 5.76. The molecule has 0 N–H and O–H groups in total. The van der Waals surface area contributed by atoms with Gasteiger partial charge in [0.25, 0.3) is 5.70 Å². The van der Waals surface area contributed by atoms with E-state index in [-0.39, 0.29) is 10.6 Å². The molecule has 2 aromatic rings. The average Bonchev–Trinajstić information content (AvgIpc) is 2.38. The third kappa shape index (κ3) is 2.83. The molecule has 0 aliphatic heterocycles. The number of nitro groups is 1. The molecular weight excluding hydrogens is 226 g/mol. The van der Waals surface area contributed by atoms with Crippen molar-refractivity contribution in [3.05, 3.63) is 81.4 Å². The Hall–Kier alpha value is -2.42. The maximum Gasteiger partial charge on any atom is 0.277 e. The first kappa shape index (κ1) is 12.0. The van der Waals surface area contributed by atoms with Gasteiger partial charge < -0.3 is 0 Å². The standard InChI is InChI=1S/C15H13NO2/c1-12-7-9-14(10-8-12)15(16(17)18)11-13-5-3-2-4-6-13/h2-11H,1H3/b15-11+. The summed E-state index contributed by atoms with van der Waals surface area (Å²) in [6, 6.07) is 16.6. The molecule has 0 radical (unpaired) electrons. The average molecular weight is 239 g/mol. The van der Waals surface area contributed by atoms with Gasteiger partial charge in [-0.15, -0.1) is 0 Å². The number of benzene rings is 2. The highest BCUT2D eigenvalue weighted by atomic mass is 16.6. The molecule has 0 bridgehead atoms. The van der Waals surface area contributed by atoms with Crippen molar-refractivity contribution in [1.29, 1.82) is 0 Å². The summed E-state index contributed by atoms with van der Waals surface area (Å²) in [7, 11) is 0. The summed E-state index contributed by atoms with van der Waals surface area (Å²) in [5, 5.41) is 11.1. The van der Waals surface area contributed by atoms with E-state index in [0.29, 0.717) is 5.56 Å². The fourth-order valence-electron chi connectivity index (χ4n) is 1.67. The summed E-state index contributed by atoms with van der Waals surface area (Å²) in [5.74, 6) is 0. The molecule has 0 spiro atoms. The van der Waals surface area contributed by atoms with Gasteiger partial charge in [0.05, 0.1) is 10.5 Å². The Balaban J connectivity index is 2.44. The first-order valence-electron chi connectivity index (χ1n) is 5.65. The van der Waals surface area contributed by atoms with Crippen LogP contribution >= 0.6 is 0 Å². The second-order valence-electron chi connectivity index (χ2n) is 4.06. The Labute approximate surface area is 106 Å². The molecule has 3 nitrogen and oxygen atoms in total. The zero-order valence-corrected chi connectivity index (χ0v) is 10.0. The Bertz CT molecular complexity index is 571. The van der Waals surface area contributed by atoms with Crippen molar-refractivity contribution >= 4 is 11.8 Å². The van der Waals surface area contributed by atoms with E-state index in [0.717, 1.165) is 11.1 Å². The van der Waals surface area contributed by atoms with Gasteiger partial charge in [-0.2, -0.15) is 0 Å². The van der Waals surface area contributed by atoms with Crippen molar-refractivity contribution in [3.8, 4) is 0 Å². The van der Waals surface area contributed by atoms with Gasteiger partial charge in [0.2, 0.25) is 0 Å². The zero-order valence-electron chi connectivity index (χ0n) is 10.0. The van der Waals surface area contributed by atoms with Crippen molar-refractivity contribution in [1.82, 2.24) is 0 Å². The minimum absolute atomic E-state index is 0.112. The van der Waals surface area contributed by atoms with Crippen LogP contribution in [0.4, 0.5) is 0 Å². The summed E-state index contributed by atoms with van der Waals surface area (Å²) in [6.45, 7) is 1.95. The summed E-state index contributed by atoms with van der Waals surface area (Å²) in [4.78, 5) is 10.8. The lowest BCUT2D eigenvalue weighted by molar-refractivity contribution is -0.374. The molecule has 18 heavy (non-hydrogen) atoms. The van der Waals surface area contributed by atoms with Gasteiger partial charge in [0, 0.05) is 6.08 Å². The van der Waals surface area contributed by atoms with Crippen LogP contribution < -0.4 is 0 Å². The maximum atomic E-state index is 11.1. The molecule has 0 atom stereocenters. The first-order chi connectivity index (χ1) is 8.66. The van der Waals surface area contributed by atoms with Crippen LogP contribution in [0.25, 0.3) is 11.8 Å². The zero-order chi connectivity index (χ0) is 13.0. The number of hydrogen-bond donors (Lipinski definition) is 0. The van der Waals surface area contributed by atoms with Crippen LogP contribution in [-0.4, -0.2) is 4.92 Å². The third-order valence-corrected chi connectivity index (χ3v) is 2.65. The van der Waals surface area contributed by atoms with Crippen molar-refractivity contribution in [3.63, 3.8) is 0 Å². The molecule has 0 saturated heterocycles. The first-order valence-corrected chi connectivity index (χ1v) is 5.65. The predicted molar refractivity (Wildman–Crippen MR) is 72.5 cm³/mol. The van der Waals surface area contributed by atoms with Crippen LogP contribution in [-0.2, 0) is 0 Å². The van der Waals surface area contributed by atoms with Gasteiger partial charge in [0.1, 0.15) is 0 Å². The fourth-order valence-corrected chi connectivity index (χ4v) is 1.67. The van der Waals surface area contributed by atoms with Crippen molar-refractivity contribution in [2.45, 2.75) is 6.92 Å². The Morgan fingerprint density at radius 3 is 2.22 bits per heavy atom. The SMILES string of the molecule is Cc1ccc(/C(=C\c2ccccc2)[N+](=O)[O-])cc1. The third-order valence-electron chi connectivity index (χ3n) is 2.65. The smallest absolute Gasteiger partial charge is 0.258 e. The fraction of sp³-hybridized carbons (Fsp3) is 0.0667. The second-order valence-corrected chi connectivity index (χ2v) is 4.06. The van der Waals surface area contributed by atoms with E-state index in [4.69, 9.17) is 0 Å². The summed E-state index contributed by atoms with van der Waals surface area (Å²) in [6.07, 6.45) is 1.59. The van der Waals surface area contributed by atoms with Gasteiger partial charge >= 0.3 is 0 Å². The number of hydrogen-bond acceptors (Lipinski definition) is 2. The molecular formula is C15H13NO2. The molecule has 0 aliphatic carbocycles.